The van der Waals surface area contributed by atoms with Crippen LogP contribution in [0.4, 0.5) is 0 Å². The molecule has 0 unspecified atom stereocenters. The Hall–Kier alpha value is -1.90. The smallest absolute Gasteiger partial charge is 0.168 e. The van der Waals surface area contributed by atoms with Crippen molar-refractivity contribution in [1.82, 2.24) is 9.55 Å². The molecule has 0 fully saturated rings. The lowest BCUT2D eigenvalue weighted by molar-refractivity contribution is 0.111. The Morgan fingerprint density at radius 1 is 1.25 bits per heavy atom. The molecule has 0 aliphatic rings. The molecule has 0 N–H and O–H groups in total. The van der Waals surface area contributed by atoms with Crippen molar-refractivity contribution in [3.63, 3.8) is 0 Å². The van der Waals surface area contributed by atoms with E-state index in [2.05, 4.69) is 24.9 Å². The van der Waals surface area contributed by atoms with Crippen molar-refractivity contribution >= 4 is 6.29 Å². The maximum absolute atomic E-state index is 11.0. The Balaban J connectivity index is 2.58. The lowest BCUT2D eigenvalue weighted by Gasteiger charge is -2.03. The summed E-state index contributed by atoms with van der Waals surface area (Å²) in [6.07, 6.45) is 2.51. The SMILES string of the molecule is Cc1ccc(-c2ncn(C)c2C=O)cc1C. The van der Waals surface area contributed by atoms with Gasteiger partial charge >= 0.3 is 0 Å². The van der Waals surface area contributed by atoms with E-state index < -0.39 is 0 Å². The van der Waals surface area contributed by atoms with Crippen molar-refractivity contribution in [2.45, 2.75) is 13.8 Å². The van der Waals surface area contributed by atoms with E-state index in [1.165, 1.54) is 11.1 Å². The molecule has 1 aromatic heterocycles. The van der Waals surface area contributed by atoms with Crippen LogP contribution in [0.5, 0.6) is 0 Å². The number of carbonyl (C=O) groups is 1. The van der Waals surface area contributed by atoms with Gasteiger partial charge in [-0.05, 0) is 31.0 Å². The molecule has 16 heavy (non-hydrogen) atoms. The monoisotopic (exact) mass is 214 g/mol. The van der Waals surface area contributed by atoms with Crippen molar-refractivity contribution in [2.24, 2.45) is 7.05 Å². The summed E-state index contributed by atoms with van der Waals surface area (Å²) in [6.45, 7) is 4.13. The molecular formula is C13H14N2O. The minimum absolute atomic E-state index is 0.614. The number of hydrogen-bond acceptors (Lipinski definition) is 2. The van der Waals surface area contributed by atoms with Gasteiger partial charge in [0.15, 0.2) is 6.29 Å². The van der Waals surface area contributed by atoms with Crippen molar-refractivity contribution < 1.29 is 4.79 Å². The maximum Gasteiger partial charge on any atom is 0.168 e. The molecule has 2 aromatic rings. The topological polar surface area (TPSA) is 34.9 Å². The summed E-state index contributed by atoms with van der Waals surface area (Å²) in [7, 11) is 1.82. The quantitative estimate of drug-likeness (QED) is 0.720. The molecular weight excluding hydrogens is 200 g/mol. The number of imidazole rings is 1. The van der Waals surface area contributed by atoms with Gasteiger partial charge in [0.2, 0.25) is 0 Å². The van der Waals surface area contributed by atoms with E-state index in [1.807, 2.05) is 19.2 Å². The van der Waals surface area contributed by atoms with E-state index in [0.717, 1.165) is 17.5 Å². The van der Waals surface area contributed by atoms with Crippen molar-refractivity contribution in [1.29, 1.82) is 0 Å². The first-order chi connectivity index (χ1) is 7.63. The zero-order chi connectivity index (χ0) is 11.7. The molecule has 0 aliphatic heterocycles. The number of nitrogens with zero attached hydrogens (tertiary/aromatic N) is 2. The molecule has 1 aromatic carbocycles. The van der Waals surface area contributed by atoms with E-state index in [4.69, 9.17) is 0 Å². The highest BCUT2D eigenvalue weighted by molar-refractivity contribution is 5.83. The highest BCUT2D eigenvalue weighted by atomic mass is 16.1. The van der Waals surface area contributed by atoms with Gasteiger partial charge in [0, 0.05) is 12.6 Å². The van der Waals surface area contributed by atoms with Crippen LogP contribution in [-0.2, 0) is 7.05 Å². The number of rotatable bonds is 2. The molecule has 0 aliphatic carbocycles. The van der Waals surface area contributed by atoms with E-state index in [0.29, 0.717) is 5.69 Å². The predicted molar refractivity (Wildman–Crippen MR) is 63.5 cm³/mol. The van der Waals surface area contributed by atoms with E-state index in [1.54, 1.807) is 10.9 Å². The second-order valence-corrected chi connectivity index (χ2v) is 4.01. The molecule has 3 heteroatoms. The molecule has 0 amide bonds. The summed E-state index contributed by atoms with van der Waals surface area (Å²) >= 11 is 0. The van der Waals surface area contributed by atoms with Gasteiger partial charge in [-0.25, -0.2) is 4.98 Å². The van der Waals surface area contributed by atoms with Gasteiger partial charge in [0.1, 0.15) is 5.69 Å². The molecule has 0 bridgehead atoms. The summed E-state index contributed by atoms with van der Waals surface area (Å²) < 4.78 is 1.73. The minimum Gasteiger partial charge on any atom is -0.331 e. The molecule has 0 radical (unpaired) electrons. The first kappa shape index (κ1) is 10.6. The molecule has 0 atom stereocenters. The van der Waals surface area contributed by atoms with Crippen LogP contribution in [0.3, 0.4) is 0 Å². The normalized spacial score (nSPS) is 10.4. The second-order valence-electron chi connectivity index (χ2n) is 4.01. The average Bonchev–Trinajstić information content (AvgIpc) is 2.63. The van der Waals surface area contributed by atoms with Gasteiger partial charge in [-0.3, -0.25) is 4.79 Å². The highest BCUT2D eigenvalue weighted by Gasteiger charge is 2.10. The van der Waals surface area contributed by atoms with Crippen LogP contribution in [-0.4, -0.2) is 15.8 Å². The van der Waals surface area contributed by atoms with Crippen LogP contribution in [0.15, 0.2) is 24.5 Å². The van der Waals surface area contributed by atoms with Crippen LogP contribution in [0.1, 0.15) is 21.6 Å². The lowest BCUT2D eigenvalue weighted by Crippen LogP contribution is -1.94. The molecule has 0 saturated carbocycles. The van der Waals surface area contributed by atoms with Crippen LogP contribution >= 0.6 is 0 Å². The Labute approximate surface area is 94.7 Å². The predicted octanol–water partition coefficient (Wildman–Crippen LogP) is 2.52. The number of hydrogen-bond donors (Lipinski definition) is 0. The van der Waals surface area contributed by atoms with Gasteiger partial charge in [0.05, 0.1) is 12.0 Å². The molecule has 2 rings (SSSR count). The fourth-order valence-electron chi connectivity index (χ4n) is 1.69. The van der Waals surface area contributed by atoms with Gasteiger partial charge in [0.25, 0.3) is 0 Å². The number of carbonyl (C=O) groups excluding carboxylic acids is 1. The summed E-state index contributed by atoms with van der Waals surface area (Å²) in [5.41, 5.74) is 4.81. The zero-order valence-electron chi connectivity index (χ0n) is 9.69. The van der Waals surface area contributed by atoms with Crippen LogP contribution in [0, 0.1) is 13.8 Å². The number of aromatic nitrogens is 2. The molecule has 82 valence electrons. The molecule has 3 nitrogen and oxygen atoms in total. The highest BCUT2D eigenvalue weighted by Crippen LogP contribution is 2.22. The zero-order valence-corrected chi connectivity index (χ0v) is 9.69. The number of aldehydes is 1. The molecule has 0 spiro atoms. The summed E-state index contributed by atoms with van der Waals surface area (Å²) in [5, 5.41) is 0. The fourth-order valence-corrected chi connectivity index (χ4v) is 1.69. The van der Waals surface area contributed by atoms with Crippen molar-refractivity contribution in [3.05, 3.63) is 41.3 Å². The number of aryl methyl sites for hydroxylation is 3. The summed E-state index contributed by atoms with van der Waals surface area (Å²) in [4.78, 5) is 15.2. The van der Waals surface area contributed by atoms with Crippen LogP contribution in [0.25, 0.3) is 11.3 Å². The Morgan fingerprint density at radius 2 is 2.00 bits per heavy atom. The third kappa shape index (κ3) is 1.65. The van der Waals surface area contributed by atoms with E-state index in [-0.39, 0.29) is 0 Å². The maximum atomic E-state index is 11.0. The standard InChI is InChI=1S/C13H14N2O/c1-9-4-5-11(6-10(9)2)13-12(7-16)15(3)8-14-13/h4-8H,1-3H3. The van der Waals surface area contributed by atoms with Crippen LogP contribution in [0.2, 0.25) is 0 Å². The second kappa shape index (κ2) is 3.93. The van der Waals surface area contributed by atoms with E-state index >= 15 is 0 Å². The Kier molecular flexibility index (Phi) is 2.60. The fraction of sp³-hybridized carbons (Fsp3) is 0.231. The average molecular weight is 214 g/mol. The van der Waals surface area contributed by atoms with Crippen molar-refractivity contribution in [3.8, 4) is 11.3 Å². The van der Waals surface area contributed by atoms with Gasteiger partial charge in [-0.2, -0.15) is 0 Å². The van der Waals surface area contributed by atoms with Crippen LogP contribution < -0.4 is 0 Å². The molecule has 0 saturated heterocycles. The first-order valence-corrected chi connectivity index (χ1v) is 5.17. The lowest BCUT2D eigenvalue weighted by atomic mass is 10.0. The largest absolute Gasteiger partial charge is 0.331 e. The van der Waals surface area contributed by atoms with E-state index in [9.17, 15) is 4.79 Å². The minimum atomic E-state index is 0.614. The van der Waals surface area contributed by atoms with Gasteiger partial charge in [-0.15, -0.1) is 0 Å². The first-order valence-electron chi connectivity index (χ1n) is 5.17. The molecule has 1 heterocycles. The third-order valence-electron chi connectivity index (χ3n) is 2.87. The summed E-state index contributed by atoms with van der Waals surface area (Å²) in [5.74, 6) is 0. The Bertz CT molecular complexity index is 541. The Morgan fingerprint density at radius 3 is 2.62 bits per heavy atom. The summed E-state index contributed by atoms with van der Waals surface area (Å²) in [6, 6.07) is 6.11. The third-order valence-corrected chi connectivity index (χ3v) is 2.87. The number of benzene rings is 1. The van der Waals surface area contributed by atoms with Gasteiger partial charge in [-0.1, -0.05) is 12.1 Å². The van der Waals surface area contributed by atoms with Gasteiger partial charge < -0.3 is 4.57 Å². The van der Waals surface area contributed by atoms with Crippen molar-refractivity contribution in [2.75, 3.05) is 0 Å².